The lowest BCUT2D eigenvalue weighted by Gasteiger charge is -2.12. The van der Waals surface area contributed by atoms with E-state index < -0.39 is 23.8 Å². The number of nitrogens with one attached hydrogen (secondary N) is 2. The molecule has 3 aromatic rings. The van der Waals surface area contributed by atoms with Crippen molar-refractivity contribution in [3.8, 4) is 5.75 Å². The predicted octanol–water partition coefficient (Wildman–Crippen LogP) is 4.11. The van der Waals surface area contributed by atoms with Crippen LogP contribution in [0.4, 0.5) is 5.00 Å². The molecule has 0 atom stereocenters. The Balaban J connectivity index is 1.34. The second-order valence-corrected chi connectivity index (χ2v) is 9.22. The van der Waals surface area contributed by atoms with Crippen molar-refractivity contribution in [2.75, 3.05) is 11.9 Å². The molecule has 0 fully saturated rings. The van der Waals surface area contributed by atoms with E-state index in [9.17, 15) is 19.2 Å². The van der Waals surface area contributed by atoms with Gasteiger partial charge in [0.1, 0.15) is 10.8 Å². The molecule has 37 heavy (non-hydrogen) atoms. The first-order valence-corrected chi connectivity index (χ1v) is 12.6. The molecule has 2 aromatic carbocycles. The Hall–Kier alpha value is -4.31. The molecule has 190 valence electrons. The van der Waals surface area contributed by atoms with Gasteiger partial charge in [-0.15, -0.1) is 11.3 Å². The van der Waals surface area contributed by atoms with Gasteiger partial charge < -0.3 is 14.8 Å². The van der Waals surface area contributed by atoms with Crippen molar-refractivity contribution in [3.63, 3.8) is 0 Å². The molecule has 0 saturated carbocycles. The van der Waals surface area contributed by atoms with Crippen LogP contribution in [0, 0.1) is 0 Å². The van der Waals surface area contributed by atoms with Crippen LogP contribution >= 0.6 is 11.3 Å². The maximum absolute atomic E-state index is 12.5. The number of carbonyl (C=O) groups excluding carboxylic acids is 4. The van der Waals surface area contributed by atoms with Crippen LogP contribution in [-0.2, 0) is 27.2 Å². The minimum Gasteiger partial charge on any atom is -0.462 e. The summed E-state index contributed by atoms with van der Waals surface area (Å²) >= 11 is 1.30. The summed E-state index contributed by atoms with van der Waals surface area (Å²) in [6.45, 7) is 1.92. The number of hydrogen-bond acceptors (Lipinski definition) is 8. The third-order valence-corrected chi connectivity index (χ3v) is 6.77. The Bertz CT molecular complexity index is 1330. The van der Waals surface area contributed by atoms with E-state index in [0.29, 0.717) is 27.4 Å². The highest BCUT2D eigenvalue weighted by Crippen LogP contribution is 2.38. The number of anilines is 1. The van der Waals surface area contributed by atoms with Gasteiger partial charge in [0, 0.05) is 4.88 Å². The van der Waals surface area contributed by atoms with Crippen molar-refractivity contribution in [3.05, 3.63) is 81.7 Å². The van der Waals surface area contributed by atoms with Gasteiger partial charge in [-0.2, -0.15) is 5.10 Å². The van der Waals surface area contributed by atoms with E-state index in [1.165, 1.54) is 17.6 Å². The molecule has 0 unspecified atom stereocenters. The minimum absolute atomic E-state index is 0.211. The molecule has 2 N–H and O–H groups in total. The molecular weight excluding hydrogens is 494 g/mol. The summed E-state index contributed by atoms with van der Waals surface area (Å²) in [7, 11) is 0. The van der Waals surface area contributed by atoms with Gasteiger partial charge in [0.25, 0.3) is 0 Å². The van der Waals surface area contributed by atoms with Crippen LogP contribution < -0.4 is 15.5 Å². The van der Waals surface area contributed by atoms with Crippen LogP contribution in [0.3, 0.4) is 0 Å². The lowest BCUT2D eigenvalue weighted by Crippen LogP contribution is -2.32. The number of hydrogen-bond donors (Lipinski definition) is 2. The number of hydrazone groups is 1. The van der Waals surface area contributed by atoms with E-state index in [1.54, 1.807) is 55.5 Å². The third-order valence-electron chi connectivity index (χ3n) is 5.56. The fourth-order valence-corrected chi connectivity index (χ4v) is 5.08. The minimum atomic E-state index is -0.981. The zero-order valence-electron chi connectivity index (χ0n) is 20.1. The molecule has 1 heterocycles. The number of esters is 2. The zero-order chi connectivity index (χ0) is 26.2. The van der Waals surface area contributed by atoms with Crippen molar-refractivity contribution < 1.29 is 28.7 Å². The van der Waals surface area contributed by atoms with Crippen LogP contribution in [0.15, 0.2) is 59.7 Å². The largest absolute Gasteiger partial charge is 0.462 e. The van der Waals surface area contributed by atoms with Gasteiger partial charge >= 0.3 is 23.8 Å². The molecular formula is C27H25N3O6S. The molecule has 2 amide bonds. The summed E-state index contributed by atoms with van der Waals surface area (Å²) in [5, 5.41) is 6.67. The average molecular weight is 520 g/mol. The monoisotopic (exact) mass is 519 g/mol. The van der Waals surface area contributed by atoms with E-state index >= 15 is 0 Å². The lowest BCUT2D eigenvalue weighted by atomic mass is 9.95. The number of aryl methyl sites for hydroxylation is 1. The molecule has 1 aromatic heterocycles. The molecule has 10 heteroatoms. The number of ether oxygens (including phenoxy) is 2. The Labute approximate surface area is 217 Å². The Morgan fingerprint density at radius 3 is 2.41 bits per heavy atom. The van der Waals surface area contributed by atoms with Crippen LogP contribution in [0.25, 0.3) is 0 Å². The third kappa shape index (κ3) is 6.47. The molecule has 0 radical (unpaired) electrons. The average Bonchev–Trinajstić information content (AvgIpc) is 3.28. The Morgan fingerprint density at radius 2 is 1.68 bits per heavy atom. The van der Waals surface area contributed by atoms with Crippen LogP contribution in [-0.4, -0.2) is 36.6 Å². The smallest absolute Gasteiger partial charge is 0.343 e. The maximum Gasteiger partial charge on any atom is 0.343 e. The topological polar surface area (TPSA) is 123 Å². The molecule has 4 rings (SSSR count). The zero-order valence-corrected chi connectivity index (χ0v) is 20.9. The van der Waals surface area contributed by atoms with Crippen molar-refractivity contribution >= 4 is 46.3 Å². The SMILES string of the molecule is CCOC(=O)c1c(NC(=O)C(=O)N/N=C/c2ccc(OC(=O)c3ccccc3)cc2)sc2c1CCCC2. The highest BCUT2D eigenvalue weighted by Gasteiger charge is 2.28. The number of benzene rings is 2. The summed E-state index contributed by atoms with van der Waals surface area (Å²) in [5.74, 6) is -2.55. The summed E-state index contributed by atoms with van der Waals surface area (Å²) in [6.07, 6.45) is 4.87. The van der Waals surface area contributed by atoms with Crippen LogP contribution in [0.1, 0.15) is 56.5 Å². The number of amides is 2. The van der Waals surface area contributed by atoms with E-state index in [2.05, 4.69) is 15.8 Å². The van der Waals surface area contributed by atoms with E-state index in [-0.39, 0.29) is 6.61 Å². The van der Waals surface area contributed by atoms with Crippen molar-refractivity contribution in [2.24, 2.45) is 5.10 Å². The van der Waals surface area contributed by atoms with Gasteiger partial charge in [0.2, 0.25) is 0 Å². The molecule has 1 aliphatic carbocycles. The van der Waals surface area contributed by atoms with Crippen molar-refractivity contribution in [1.82, 2.24) is 5.43 Å². The van der Waals surface area contributed by atoms with Gasteiger partial charge in [-0.25, -0.2) is 15.0 Å². The molecule has 0 spiro atoms. The first kappa shape index (κ1) is 25.8. The fraction of sp³-hybridized carbons (Fsp3) is 0.222. The normalized spacial score (nSPS) is 12.5. The number of carbonyl (C=O) groups is 4. The second kappa shape index (κ2) is 12.1. The van der Waals surface area contributed by atoms with Gasteiger partial charge in [0.05, 0.1) is 23.9 Å². The molecule has 0 bridgehead atoms. The van der Waals surface area contributed by atoms with Gasteiger partial charge in [-0.3, -0.25) is 9.59 Å². The number of nitrogens with zero attached hydrogens (tertiary/aromatic N) is 1. The molecule has 9 nitrogen and oxygen atoms in total. The summed E-state index contributed by atoms with van der Waals surface area (Å²) in [6, 6.07) is 15.1. The molecule has 1 aliphatic rings. The van der Waals surface area contributed by atoms with E-state index in [0.717, 1.165) is 36.1 Å². The fourth-order valence-electron chi connectivity index (χ4n) is 3.81. The Morgan fingerprint density at radius 1 is 0.946 bits per heavy atom. The van der Waals surface area contributed by atoms with Crippen LogP contribution in [0.2, 0.25) is 0 Å². The lowest BCUT2D eigenvalue weighted by molar-refractivity contribution is -0.136. The predicted molar refractivity (Wildman–Crippen MR) is 139 cm³/mol. The van der Waals surface area contributed by atoms with Gasteiger partial charge in [0.15, 0.2) is 0 Å². The van der Waals surface area contributed by atoms with Gasteiger partial charge in [-0.1, -0.05) is 18.2 Å². The highest BCUT2D eigenvalue weighted by molar-refractivity contribution is 7.17. The second-order valence-electron chi connectivity index (χ2n) is 8.11. The van der Waals surface area contributed by atoms with E-state index in [4.69, 9.17) is 9.47 Å². The standard InChI is InChI=1S/C27H25N3O6S/c1-2-35-27(34)22-20-10-6-7-11-21(20)37-25(22)29-23(31)24(32)30-28-16-17-12-14-19(15-13-17)36-26(33)18-8-4-3-5-9-18/h3-5,8-9,12-16H,2,6-7,10-11H2,1H3,(H,29,31)(H,30,32)/b28-16+. The number of fused-ring (bicyclic) bond motifs is 1. The Kier molecular flexibility index (Phi) is 8.42. The maximum atomic E-state index is 12.5. The quantitative estimate of drug-likeness (QED) is 0.159. The highest BCUT2D eigenvalue weighted by atomic mass is 32.1. The molecule has 0 saturated heterocycles. The number of thiophene rings is 1. The summed E-state index contributed by atoms with van der Waals surface area (Å²) < 4.78 is 10.5. The first-order valence-electron chi connectivity index (χ1n) is 11.8. The summed E-state index contributed by atoms with van der Waals surface area (Å²) in [4.78, 5) is 50.4. The van der Waals surface area contributed by atoms with Crippen LogP contribution in [0.5, 0.6) is 5.75 Å². The van der Waals surface area contributed by atoms with E-state index in [1.807, 2.05) is 6.07 Å². The summed E-state index contributed by atoms with van der Waals surface area (Å²) in [5.41, 5.74) is 4.44. The molecule has 0 aliphatic heterocycles. The van der Waals surface area contributed by atoms with Crippen molar-refractivity contribution in [1.29, 1.82) is 0 Å². The number of rotatable bonds is 7. The van der Waals surface area contributed by atoms with Crippen molar-refractivity contribution in [2.45, 2.75) is 32.6 Å². The van der Waals surface area contributed by atoms with Gasteiger partial charge in [-0.05, 0) is 80.1 Å². The first-order chi connectivity index (χ1) is 18.0.